The Morgan fingerprint density at radius 3 is 2.56 bits per heavy atom. The fourth-order valence-electron chi connectivity index (χ4n) is 5.24. The third-order valence-electron chi connectivity index (χ3n) is 7.65. The lowest BCUT2D eigenvalue weighted by Crippen LogP contribution is -2.49. The molecule has 4 aromatic rings. The molecule has 2 N–H and O–H groups in total. The number of aliphatic hydroxyl groups is 1. The van der Waals surface area contributed by atoms with Gasteiger partial charge in [0.1, 0.15) is 24.7 Å². The van der Waals surface area contributed by atoms with Crippen LogP contribution in [-0.2, 0) is 17.9 Å². The van der Waals surface area contributed by atoms with Crippen molar-refractivity contribution in [3.8, 4) is 16.9 Å². The molecule has 2 amide bonds. The number of fused-ring (bicyclic) bond motifs is 1. The summed E-state index contributed by atoms with van der Waals surface area (Å²) in [7, 11) is 2.06. The molecule has 3 aromatic carbocycles. The Balaban J connectivity index is 1.32. The first kappa shape index (κ1) is 29.9. The maximum atomic E-state index is 13.7. The number of hydrogen-bond donors (Lipinski definition) is 2. The molecule has 224 valence electrons. The quantitative estimate of drug-likeness (QED) is 0.291. The number of nitrogens with one attached hydrogen (secondary N) is 1. The molecular formula is C32H37N7O4. The predicted molar refractivity (Wildman–Crippen MR) is 162 cm³/mol. The fourth-order valence-corrected chi connectivity index (χ4v) is 5.24. The van der Waals surface area contributed by atoms with Gasteiger partial charge in [-0.2, -0.15) is 0 Å². The number of carbonyl (C=O) groups is 2. The van der Waals surface area contributed by atoms with Crippen LogP contribution in [0.1, 0.15) is 29.8 Å². The molecule has 3 atom stereocenters. The van der Waals surface area contributed by atoms with Gasteiger partial charge in [-0.3, -0.25) is 14.5 Å². The molecule has 0 bridgehead atoms. The predicted octanol–water partition coefficient (Wildman–Crippen LogP) is 3.33. The van der Waals surface area contributed by atoms with Gasteiger partial charge in [0.2, 0.25) is 5.91 Å². The highest BCUT2D eigenvalue weighted by Gasteiger charge is 2.33. The van der Waals surface area contributed by atoms with E-state index in [9.17, 15) is 14.7 Å². The third kappa shape index (κ3) is 7.43. The molecule has 0 saturated carbocycles. The first-order valence-corrected chi connectivity index (χ1v) is 14.4. The van der Waals surface area contributed by atoms with Crippen molar-refractivity contribution in [3.63, 3.8) is 0 Å². The standard InChI is InChI=1S/C32H37N7O4/c1-22-16-39(23(2)20-40)32(42)28-15-27(34-31(41)19-38-21-33-35-36-38)13-14-29(28)43-30(22)18-37(3)17-24-9-11-26(12-10-24)25-7-5-4-6-8-25/h4-15,21-23,30,40H,16-20H2,1-3H3,(H,34,41)/t22-,23+,30+/m1/s1. The number of benzene rings is 3. The van der Waals surface area contributed by atoms with E-state index in [-0.39, 0.29) is 43.0 Å². The number of nitrogens with zero attached hydrogens (tertiary/aromatic N) is 6. The van der Waals surface area contributed by atoms with Crippen molar-refractivity contribution in [1.82, 2.24) is 30.0 Å². The lowest BCUT2D eigenvalue weighted by atomic mass is 9.99. The Morgan fingerprint density at radius 1 is 1.12 bits per heavy atom. The van der Waals surface area contributed by atoms with Gasteiger partial charge in [0.15, 0.2) is 0 Å². The molecule has 0 radical (unpaired) electrons. The summed E-state index contributed by atoms with van der Waals surface area (Å²) in [5, 5.41) is 23.5. The highest BCUT2D eigenvalue weighted by atomic mass is 16.5. The van der Waals surface area contributed by atoms with Crippen LogP contribution in [0.5, 0.6) is 5.75 Å². The molecule has 0 saturated heterocycles. The second kappa shape index (κ2) is 13.6. The minimum atomic E-state index is -0.388. The van der Waals surface area contributed by atoms with Crippen LogP contribution in [0.4, 0.5) is 5.69 Å². The van der Waals surface area contributed by atoms with E-state index in [0.29, 0.717) is 30.1 Å². The van der Waals surface area contributed by atoms with Crippen molar-refractivity contribution in [2.45, 2.75) is 39.1 Å². The van der Waals surface area contributed by atoms with Crippen LogP contribution >= 0.6 is 0 Å². The van der Waals surface area contributed by atoms with E-state index < -0.39 is 0 Å². The van der Waals surface area contributed by atoms with Crippen LogP contribution < -0.4 is 10.1 Å². The van der Waals surface area contributed by atoms with Gasteiger partial charge >= 0.3 is 0 Å². The van der Waals surface area contributed by atoms with Crippen LogP contribution in [0.3, 0.4) is 0 Å². The van der Waals surface area contributed by atoms with E-state index >= 15 is 0 Å². The lowest BCUT2D eigenvalue weighted by molar-refractivity contribution is -0.116. The zero-order valence-electron chi connectivity index (χ0n) is 24.6. The van der Waals surface area contributed by atoms with Gasteiger partial charge in [-0.25, -0.2) is 4.68 Å². The second-order valence-corrected chi connectivity index (χ2v) is 11.1. The molecule has 1 aromatic heterocycles. The molecule has 11 nitrogen and oxygen atoms in total. The Kier molecular flexibility index (Phi) is 9.43. The van der Waals surface area contributed by atoms with Crippen molar-refractivity contribution < 1.29 is 19.4 Å². The minimum absolute atomic E-state index is 0.00956. The summed E-state index contributed by atoms with van der Waals surface area (Å²) in [6.45, 7) is 5.43. The zero-order valence-corrected chi connectivity index (χ0v) is 24.6. The third-order valence-corrected chi connectivity index (χ3v) is 7.65. The summed E-state index contributed by atoms with van der Waals surface area (Å²) in [6.07, 6.45) is 1.12. The topological polar surface area (TPSA) is 126 Å². The Hall–Kier alpha value is -4.61. The minimum Gasteiger partial charge on any atom is -0.488 e. The molecular weight excluding hydrogens is 546 g/mol. The average Bonchev–Trinajstić information content (AvgIpc) is 3.52. The van der Waals surface area contributed by atoms with Crippen LogP contribution in [0, 0.1) is 5.92 Å². The number of ether oxygens (including phenoxy) is 1. The number of aromatic nitrogens is 4. The molecule has 11 heteroatoms. The van der Waals surface area contributed by atoms with Crippen LogP contribution in [0.15, 0.2) is 79.1 Å². The van der Waals surface area contributed by atoms with Crippen LogP contribution in [0.2, 0.25) is 0 Å². The Labute approximate surface area is 251 Å². The summed E-state index contributed by atoms with van der Waals surface area (Å²) >= 11 is 0. The summed E-state index contributed by atoms with van der Waals surface area (Å²) in [5.41, 5.74) is 4.33. The van der Waals surface area contributed by atoms with Crippen molar-refractivity contribution in [2.24, 2.45) is 5.92 Å². The normalized spacial score (nSPS) is 17.5. The number of aliphatic hydroxyl groups excluding tert-OH is 1. The summed E-state index contributed by atoms with van der Waals surface area (Å²) in [6, 6.07) is 23.5. The van der Waals surface area contributed by atoms with E-state index in [4.69, 9.17) is 4.74 Å². The number of likely N-dealkylation sites (N-methyl/N-ethyl adjacent to an activating group) is 1. The molecule has 1 aliphatic heterocycles. The lowest BCUT2D eigenvalue weighted by Gasteiger charge is -2.38. The highest BCUT2D eigenvalue weighted by Crippen LogP contribution is 2.31. The van der Waals surface area contributed by atoms with E-state index in [1.165, 1.54) is 27.7 Å². The van der Waals surface area contributed by atoms with Gasteiger partial charge in [-0.1, -0.05) is 61.5 Å². The van der Waals surface area contributed by atoms with Crippen LogP contribution in [-0.4, -0.2) is 85.8 Å². The molecule has 0 fully saturated rings. The summed E-state index contributed by atoms with van der Waals surface area (Å²) in [4.78, 5) is 30.2. The van der Waals surface area contributed by atoms with Gasteiger partial charge < -0.3 is 20.1 Å². The largest absolute Gasteiger partial charge is 0.488 e. The van der Waals surface area contributed by atoms with Gasteiger partial charge in [-0.05, 0) is 59.3 Å². The van der Waals surface area contributed by atoms with Crippen molar-refractivity contribution in [1.29, 1.82) is 0 Å². The maximum absolute atomic E-state index is 13.7. The highest BCUT2D eigenvalue weighted by molar-refractivity contribution is 5.99. The van der Waals surface area contributed by atoms with Gasteiger partial charge in [0.05, 0.1) is 18.2 Å². The number of carbonyl (C=O) groups excluding carboxylic acids is 2. The molecule has 0 spiro atoms. The maximum Gasteiger partial charge on any atom is 0.258 e. The molecule has 2 heterocycles. The van der Waals surface area contributed by atoms with E-state index in [2.05, 4.69) is 76.1 Å². The number of rotatable bonds is 10. The number of hydrogen-bond acceptors (Lipinski definition) is 8. The van der Waals surface area contributed by atoms with Gasteiger partial charge in [0, 0.05) is 31.2 Å². The molecule has 5 rings (SSSR count). The average molecular weight is 584 g/mol. The van der Waals surface area contributed by atoms with E-state index in [1.54, 1.807) is 23.1 Å². The molecule has 0 aliphatic carbocycles. The van der Waals surface area contributed by atoms with E-state index in [0.717, 1.165) is 6.54 Å². The smallest absolute Gasteiger partial charge is 0.258 e. The van der Waals surface area contributed by atoms with Crippen molar-refractivity contribution in [3.05, 3.63) is 90.3 Å². The fraction of sp³-hybridized carbons (Fsp3) is 0.344. The van der Waals surface area contributed by atoms with Crippen molar-refractivity contribution >= 4 is 17.5 Å². The number of anilines is 1. The summed E-state index contributed by atoms with van der Waals surface area (Å²) < 4.78 is 7.82. The first-order chi connectivity index (χ1) is 20.8. The van der Waals surface area contributed by atoms with E-state index in [1.807, 2.05) is 25.1 Å². The Bertz CT molecular complexity index is 1510. The number of amides is 2. The van der Waals surface area contributed by atoms with Gasteiger partial charge in [-0.15, -0.1) is 5.10 Å². The monoisotopic (exact) mass is 583 g/mol. The second-order valence-electron chi connectivity index (χ2n) is 11.1. The summed E-state index contributed by atoms with van der Waals surface area (Å²) in [5.74, 6) is -0.164. The number of tetrazole rings is 1. The zero-order chi connectivity index (χ0) is 30.3. The SMILES string of the molecule is C[C@@H]1CN([C@@H](C)CO)C(=O)c2cc(NC(=O)Cn3cnnn3)ccc2O[C@H]1CN(C)Cc1ccc(-c2ccccc2)cc1. The molecule has 0 unspecified atom stereocenters. The molecule has 43 heavy (non-hydrogen) atoms. The van der Waals surface area contributed by atoms with Crippen molar-refractivity contribution in [2.75, 3.05) is 32.1 Å². The van der Waals surface area contributed by atoms with Crippen LogP contribution in [0.25, 0.3) is 11.1 Å². The van der Waals surface area contributed by atoms with Gasteiger partial charge in [0.25, 0.3) is 5.91 Å². The molecule has 1 aliphatic rings. The first-order valence-electron chi connectivity index (χ1n) is 14.4. The Morgan fingerprint density at radius 2 is 1.86 bits per heavy atom.